The molecule has 2 atom stereocenters. The van der Waals surface area contributed by atoms with Crippen molar-refractivity contribution in [1.82, 2.24) is 5.32 Å². The van der Waals surface area contributed by atoms with Gasteiger partial charge in [-0.2, -0.15) is 0 Å². The van der Waals surface area contributed by atoms with Crippen LogP contribution in [0.25, 0.3) is 0 Å². The number of carbonyl (C=O) groups is 1. The van der Waals surface area contributed by atoms with Gasteiger partial charge in [-0.05, 0) is 18.6 Å². The smallest absolute Gasteiger partial charge is 0.282 e. The van der Waals surface area contributed by atoms with E-state index in [9.17, 15) is 19.1 Å². The number of hydrogen-bond acceptors (Lipinski definition) is 6. The Balaban J connectivity index is 2.81. The lowest BCUT2D eigenvalue weighted by atomic mass is 10.1. The highest BCUT2D eigenvalue weighted by Crippen LogP contribution is 2.22. The molecule has 0 saturated heterocycles. The topological polar surface area (TPSA) is 127 Å². The molecule has 2 unspecified atom stereocenters. The van der Waals surface area contributed by atoms with Crippen LogP contribution in [0.3, 0.4) is 0 Å². The Morgan fingerprint density at radius 2 is 2.19 bits per heavy atom. The molecule has 1 aromatic rings. The molecular weight excluding hydrogens is 296 g/mol. The van der Waals surface area contributed by atoms with Crippen molar-refractivity contribution in [3.8, 4) is 0 Å². The zero-order chi connectivity index (χ0) is 16.0. The number of nitrogen functional groups attached to an aromatic ring is 1. The van der Waals surface area contributed by atoms with Gasteiger partial charge in [0.25, 0.3) is 11.6 Å². The summed E-state index contributed by atoms with van der Waals surface area (Å²) in [5.74, 6) is 4.67. The summed E-state index contributed by atoms with van der Waals surface area (Å²) >= 11 is 0. The van der Waals surface area contributed by atoms with E-state index in [1.165, 1.54) is 18.2 Å². The number of nitrogens with two attached hydrogens (primary N) is 1. The first-order chi connectivity index (χ1) is 9.86. The summed E-state index contributed by atoms with van der Waals surface area (Å²) in [4.78, 5) is 22.3. The number of anilines is 1. The van der Waals surface area contributed by atoms with Crippen molar-refractivity contribution in [3.05, 3.63) is 33.9 Å². The molecule has 116 valence electrons. The summed E-state index contributed by atoms with van der Waals surface area (Å²) in [6.07, 6.45) is 2.12. The third-order valence-corrected chi connectivity index (χ3v) is 4.38. The van der Waals surface area contributed by atoms with Gasteiger partial charge in [0.05, 0.1) is 4.92 Å². The van der Waals surface area contributed by atoms with Gasteiger partial charge in [-0.25, -0.2) is 0 Å². The van der Waals surface area contributed by atoms with Gasteiger partial charge >= 0.3 is 0 Å². The quantitative estimate of drug-likeness (QED) is 0.387. The zero-order valence-corrected chi connectivity index (χ0v) is 12.6. The van der Waals surface area contributed by atoms with Crippen molar-refractivity contribution in [2.75, 3.05) is 18.2 Å². The van der Waals surface area contributed by atoms with Crippen LogP contribution in [0.15, 0.2) is 18.2 Å². The average molecular weight is 314 g/mol. The molecule has 0 aliphatic rings. The molecule has 0 radical (unpaired) electrons. The van der Waals surface area contributed by atoms with Crippen LogP contribution in [0.1, 0.15) is 23.7 Å². The molecular formula is C12H18N4O4S. The van der Waals surface area contributed by atoms with Gasteiger partial charge in [0, 0.05) is 40.6 Å². The Kier molecular flexibility index (Phi) is 6.25. The van der Waals surface area contributed by atoms with Crippen LogP contribution in [0.4, 0.5) is 11.4 Å². The highest BCUT2D eigenvalue weighted by molar-refractivity contribution is 7.84. The van der Waals surface area contributed by atoms with E-state index in [1.807, 2.05) is 6.92 Å². The van der Waals surface area contributed by atoms with E-state index in [0.717, 1.165) is 0 Å². The number of carbonyl (C=O) groups excluding carboxylic acids is 1. The van der Waals surface area contributed by atoms with E-state index in [0.29, 0.717) is 12.1 Å². The van der Waals surface area contributed by atoms with E-state index in [1.54, 1.807) is 6.26 Å². The second-order valence-electron chi connectivity index (χ2n) is 4.49. The van der Waals surface area contributed by atoms with Crippen molar-refractivity contribution in [2.45, 2.75) is 18.6 Å². The zero-order valence-electron chi connectivity index (χ0n) is 11.8. The summed E-state index contributed by atoms with van der Waals surface area (Å²) in [5.41, 5.74) is 2.37. The summed E-state index contributed by atoms with van der Waals surface area (Å²) in [6.45, 7) is 2.10. The Bertz CT molecular complexity index is 564. The van der Waals surface area contributed by atoms with E-state index >= 15 is 0 Å². The molecule has 0 aromatic heterocycles. The molecule has 8 nitrogen and oxygen atoms in total. The standard InChI is InChI=1S/C12H18N4O4S/c1-8(21(2)20)5-6-14-12(17)10-7-9(15-13)3-4-11(10)16(18)19/h3-4,7-8,15H,5-6,13H2,1-2H3,(H,14,17). The Morgan fingerprint density at radius 3 is 2.71 bits per heavy atom. The predicted octanol–water partition coefficient (Wildman–Crippen LogP) is 0.767. The van der Waals surface area contributed by atoms with Crippen molar-refractivity contribution >= 4 is 28.1 Å². The average Bonchev–Trinajstić information content (AvgIpc) is 2.45. The van der Waals surface area contributed by atoms with Crippen LogP contribution in [0, 0.1) is 10.1 Å². The monoisotopic (exact) mass is 314 g/mol. The number of benzene rings is 1. The number of nitrogens with zero attached hydrogens (tertiary/aromatic N) is 1. The molecule has 4 N–H and O–H groups in total. The van der Waals surface area contributed by atoms with Crippen molar-refractivity contribution in [1.29, 1.82) is 0 Å². The normalized spacial score (nSPS) is 13.3. The van der Waals surface area contributed by atoms with Gasteiger partial charge in [-0.15, -0.1) is 0 Å². The lowest BCUT2D eigenvalue weighted by Crippen LogP contribution is -2.28. The van der Waals surface area contributed by atoms with Crippen LogP contribution in [-0.4, -0.2) is 33.1 Å². The van der Waals surface area contributed by atoms with Crippen LogP contribution in [-0.2, 0) is 10.8 Å². The van der Waals surface area contributed by atoms with E-state index < -0.39 is 21.6 Å². The minimum absolute atomic E-state index is 0.0580. The van der Waals surface area contributed by atoms with Gasteiger partial charge < -0.3 is 10.7 Å². The minimum Gasteiger partial charge on any atom is -0.352 e. The maximum absolute atomic E-state index is 12.0. The molecule has 9 heteroatoms. The summed E-state index contributed by atoms with van der Waals surface area (Å²) in [7, 11) is -0.972. The number of nitro groups is 1. The van der Waals surface area contributed by atoms with Crippen LogP contribution in [0.5, 0.6) is 0 Å². The molecule has 0 heterocycles. The molecule has 0 spiro atoms. The van der Waals surface area contributed by atoms with Gasteiger partial charge in [0.15, 0.2) is 0 Å². The van der Waals surface area contributed by atoms with E-state index in [-0.39, 0.29) is 23.0 Å². The minimum atomic E-state index is -0.972. The maximum Gasteiger partial charge on any atom is 0.282 e. The number of hydrazine groups is 1. The van der Waals surface area contributed by atoms with E-state index in [2.05, 4.69) is 10.7 Å². The van der Waals surface area contributed by atoms with Crippen LogP contribution in [0.2, 0.25) is 0 Å². The summed E-state index contributed by atoms with van der Waals surface area (Å²) in [6, 6.07) is 3.94. The molecule has 1 amide bonds. The molecule has 0 bridgehead atoms. The molecule has 0 aliphatic carbocycles. The lowest BCUT2D eigenvalue weighted by molar-refractivity contribution is -0.385. The second-order valence-corrected chi connectivity index (χ2v) is 6.29. The van der Waals surface area contributed by atoms with E-state index in [4.69, 9.17) is 5.84 Å². The molecule has 0 aliphatic heterocycles. The molecule has 0 saturated carbocycles. The number of rotatable bonds is 7. The molecule has 0 fully saturated rings. The van der Waals surface area contributed by atoms with Gasteiger partial charge in [0.2, 0.25) is 0 Å². The summed E-state index contributed by atoms with van der Waals surface area (Å²) < 4.78 is 11.2. The Morgan fingerprint density at radius 1 is 1.52 bits per heavy atom. The number of nitrogens with one attached hydrogen (secondary N) is 2. The van der Waals surface area contributed by atoms with Crippen LogP contribution >= 0.6 is 0 Å². The number of hydrogen-bond donors (Lipinski definition) is 3. The van der Waals surface area contributed by atoms with Gasteiger partial charge in [0.1, 0.15) is 5.56 Å². The SMILES string of the molecule is CC(CCNC(=O)c1cc(NN)ccc1[N+](=O)[O-])S(C)=O. The van der Waals surface area contributed by atoms with Crippen molar-refractivity contribution in [2.24, 2.45) is 5.84 Å². The first-order valence-electron chi connectivity index (χ1n) is 6.22. The van der Waals surface area contributed by atoms with Crippen molar-refractivity contribution < 1.29 is 13.9 Å². The molecule has 1 rings (SSSR count). The van der Waals surface area contributed by atoms with Gasteiger partial charge in [-0.3, -0.25) is 25.0 Å². The lowest BCUT2D eigenvalue weighted by Gasteiger charge is -2.10. The van der Waals surface area contributed by atoms with Crippen LogP contribution < -0.4 is 16.6 Å². The Labute approximate surface area is 124 Å². The van der Waals surface area contributed by atoms with Gasteiger partial charge in [-0.1, -0.05) is 6.92 Å². The fourth-order valence-electron chi connectivity index (χ4n) is 1.62. The Hall–Kier alpha value is -2.00. The highest BCUT2D eigenvalue weighted by Gasteiger charge is 2.20. The second kappa shape index (κ2) is 7.70. The first-order valence-corrected chi connectivity index (χ1v) is 7.84. The molecule has 21 heavy (non-hydrogen) atoms. The number of amides is 1. The first kappa shape index (κ1) is 17.1. The maximum atomic E-state index is 12.0. The predicted molar refractivity (Wildman–Crippen MR) is 81.4 cm³/mol. The highest BCUT2D eigenvalue weighted by atomic mass is 32.2. The third kappa shape index (κ3) is 4.80. The summed E-state index contributed by atoms with van der Waals surface area (Å²) in [5, 5.41) is 13.5. The third-order valence-electron chi connectivity index (χ3n) is 3.01. The largest absolute Gasteiger partial charge is 0.352 e. The fraction of sp³-hybridized carbons (Fsp3) is 0.417. The number of nitro benzene ring substituents is 1. The molecule has 1 aromatic carbocycles. The van der Waals surface area contributed by atoms with Crippen molar-refractivity contribution in [3.63, 3.8) is 0 Å². The fourth-order valence-corrected chi connectivity index (χ4v) is 2.07.